The number of piperidine rings is 1. The first kappa shape index (κ1) is 23.1. The number of benzene rings is 1. The molecule has 4 rings (SSSR count). The van der Waals surface area contributed by atoms with E-state index in [0.717, 1.165) is 51.5 Å². The Labute approximate surface area is 199 Å². The predicted octanol–water partition coefficient (Wildman–Crippen LogP) is 3.96. The molecular weight excluding hydrogens is 430 g/mol. The first-order valence-corrected chi connectivity index (χ1v) is 11.9. The fraction of sp³-hybridized carbons (Fsp3) is 0.280. The van der Waals surface area contributed by atoms with Gasteiger partial charge in [0.1, 0.15) is 5.82 Å². The highest BCUT2D eigenvalue weighted by Gasteiger charge is 2.18. The van der Waals surface area contributed by atoms with Gasteiger partial charge in [0, 0.05) is 47.5 Å². The van der Waals surface area contributed by atoms with Crippen LogP contribution in [-0.2, 0) is 0 Å². The molecule has 7 nitrogen and oxygen atoms in total. The summed E-state index contributed by atoms with van der Waals surface area (Å²) in [5, 5.41) is 8.50. The van der Waals surface area contributed by atoms with Crippen molar-refractivity contribution in [2.45, 2.75) is 23.1 Å². The molecule has 3 aromatic rings. The molecule has 1 aliphatic heterocycles. The van der Waals surface area contributed by atoms with E-state index < -0.39 is 0 Å². The van der Waals surface area contributed by atoms with Crippen molar-refractivity contribution in [3.8, 4) is 0 Å². The lowest BCUT2D eigenvalue weighted by atomic mass is 10.1. The minimum atomic E-state index is 0.601. The van der Waals surface area contributed by atoms with Gasteiger partial charge >= 0.3 is 0 Å². The molecule has 2 aromatic heterocycles. The smallest absolute Gasteiger partial charge is 0.130 e. The van der Waals surface area contributed by atoms with Crippen LogP contribution in [0.15, 0.2) is 66.6 Å². The average Bonchev–Trinajstić information content (AvgIpc) is 2.80. The van der Waals surface area contributed by atoms with Crippen LogP contribution in [0.5, 0.6) is 0 Å². The van der Waals surface area contributed by atoms with E-state index in [1.54, 1.807) is 13.2 Å². The van der Waals surface area contributed by atoms with E-state index in [2.05, 4.69) is 39.9 Å². The molecule has 172 valence electrons. The Hall–Kier alpha value is -3.07. The summed E-state index contributed by atoms with van der Waals surface area (Å²) in [5.74, 6) is 6.41. The lowest BCUT2D eigenvalue weighted by Crippen LogP contribution is -2.31. The lowest BCUT2D eigenvalue weighted by Gasteiger charge is -2.28. The summed E-state index contributed by atoms with van der Waals surface area (Å²) in [6, 6.07) is 12.1. The van der Waals surface area contributed by atoms with Crippen molar-refractivity contribution in [1.29, 1.82) is 0 Å². The van der Waals surface area contributed by atoms with Crippen LogP contribution in [0.2, 0.25) is 0 Å². The van der Waals surface area contributed by atoms with Gasteiger partial charge in [0.2, 0.25) is 0 Å². The van der Waals surface area contributed by atoms with Crippen molar-refractivity contribution in [3.63, 3.8) is 0 Å². The molecule has 0 bridgehead atoms. The number of thioether (sulfide) groups is 1. The zero-order valence-electron chi connectivity index (χ0n) is 19.2. The second kappa shape index (κ2) is 10.2. The van der Waals surface area contributed by atoms with Crippen LogP contribution >= 0.6 is 11.8 Å². The molecular formula is C25H31N7S. The van der Waals surface area contributed by atoms with E-state index in [4.69, 9.17) is 11.6 Å². The molecule has 0 saturated carbocycles. The number of nitrogens with one attached hydrogen (secondary N) is 1. The molecule has 3 heterocycles. The third-order valence-corrected chi connectivity index (χ3v) is 6.98. The van der Waals surface area contributed by atoms with Crippen molar-refractivity contribution >= 4 is 39.7 Å². The first-order chi connectivity index (χ1) is 15.9. The Morgan fingerprint density at radius 1 is 1.15 bits per heavy atom. The molecule has 33 heavy (non-hydrogen) atoms. The molecule has 0 radical (unpaired) electrons. The van der Waals surface area contributed by atoms with Gasteiger partial charge in [-0.25, -0.2) is 15.8 Å². The van der Waals surface area contributed by atoms with Gasteiger partial charge in [-0.2, -0.15) is 0 Å². The number of nitrogens with zero attached hydrogens (tertiary/aromatic N) is 4. The van der Waals surface area contributed by atoms with Crippen LogP contribution in [0, 0.1) is 0 Å². The average molecular weight is 462 g/mol. The zero-order valence-corrected chi connectivity index (χ0v) is 20.0. The summed E-state index contributed by atoms with van der Waals surface area (Å²) in [6.07, 6.45) is 7.77. The molecule has 0 aliphatic carbocycles. The number of nitrogens with two attached hydrogens (primary N) is 2. The van der Waals surface area contributed by atoms with Crippen LogP contribution in [0.4, 0.5) is 5.82 Å². The number of pyridine rings is 2. The first-order valence-electron chi connectivity index (χ1n) is 11.0. The molecule has 8 heteroatoms. The summed E-state index contributed by atoms with van der Waals surface area (Å²) < 4.78 is 0. The Bertz CT molecular complexity index is 1170. The SMILES string of the molecule is C=C(Nc1cc2cc(/C(N)=C/N(C)N)ccc2cn1)c1ccnc(SC2CCN(C)CC2)c1. The second-order valence-electron chi connectivity index (χ2n) is 8.49. The number of rotatable bonds is 7. The van der Waals surface area contributed by atoms with Gasteiger partial charge in [-0.15, -0.1) is 11.8 Å². The van der Waals surface area contributed by atoms with Gasteiger partial charge < -0.3 is 21.0 Å². The number of hydrogen-bond acceptors (Lipinski definition) is 8. The zero-order chi connectivity index (χ0) is 23.4. The minimum Gasteiger partial charge on any atom is -0.397 e. The van der Waals surface area contributed by atoms with Gasteiger partial charge in [-0.1, -0.05) is 18.7 Å². The number of likely N-dealkylation sites (tertiary alicyclic amines) is 1. The van der Waals surface area contributed by atoms with Crippen LogP contribution in [0.1, 0.15) is 24.0 Å². The minimum absolute atomic E-state index is 0.601. The second-order valence-corrected chi connectivity index (χ2v) is 9.81. The Morgan fingerprint density at radius 3 is 2.70 bits per heavy atom. The van der Waals surface area contributed by atoms with Gasteiger partial charge in [-0.05, 0) is 68.2 Å². The largest absolute Gasteiger partial charge is 0.397 e. The summed E-state index contributed by atoms with van der Waals surface area (Å²) in [6.45, 7) is 6.52. The highest BCUT2D eigenvalue weighted by molar-refractivity contribution is 7.99. The molecule has 0 unspecified atom stereocenters. The molecule has 1 aromatic carbocycles. The van der Waals surface area contributed by atoms with Crippen molar-refractivity contribution in [3.05, 3.63) is 72.7 Å². The van der Waals surface area contributed by atoms with Crippen molar-refractivity contribution in [2.24, 2.45) is 11.6 Å². The number of fused-ring (bicyclic) bond motifs is 1. The summed E-state index contributed by atoms with van der Waals surface area (Å²) >= 11 is 1.86. The van der Waals surface area contributed by atoms with Crippen LogP contribution in [-0.4, -0.2) is 52.3 Å². The molecule has 1 saturated heterocycles. The fourth-order valence-electron chi connectivity index (χ4n) is 3.84. The maximum absolute atomic E-state index is 6.15. The number of aromatic nitrogens is 2. The van der Waals surface area contributed by atoms with E-state index >= 15 is 0 Å². The Morgan fingerprint density at radius 2 is 1.94 bits per heavy atom. The Balaban J connectivity index is 1.48. The predicted molar refractivity (Wildman–Crippen MR) is 139 cm³/mol. The maximum atomic E-state index is 6.15. The van der Waals surface area contributed by atoms with E-state index in [0.29, 0.717) is 10.9 Å². The molecule has 1 fully saturated rings. The normalized spacial score (nSPS) is 15.5. The van der Waals surface area contributed by atoms with Gasteiger partial charge in [0.15, 0.2) is 0 Å². The number of hydrazine groups is 1. The Kier molecular flexibility index (Phi) is 7.17. The van der Waals surface area contributed by atoms with Crippen molar-refractivity contribution in [2.75, 3.05) is 32.5 Å². The number of hydrogen-bond donors (Lipinski definition) is 3. The van der Waals surface area contributed by atoms with Crippen LogP contribution < -0.4 is 16.9 Å². The molecule has 5 N–H and O–H groups in total. The monoisotopic (exact) mass is 461 g/mol. The fourth-order valence-corrected chi connectivity index (χ4v) is 4.95. The van der Waals surface area contributed by atoms with E-state index in [9.17, 15) is 0 Å². The molecule has 0 spiro atoms. The number of anilines is 1. The quantitative estimate of drug-likeness (QED) is 0.359. The molecule has 0 amide bonds. The lowest BCUT2D eigenvalue weighted by molar-refractivity contribution is 0.282. The van der Waals surface area contributed by atoms with Crippen LogP contribution in [0.25, 0.3) is 22.2 Å². The van der Waals surface area contributed by atoms with E-state index in [-0.39, 0.29) is 0 Å². The highest BCUT2D eigenvalue weighted by Crippen LogP contribution is 2.30. The maximum Gasteiger partial charge on any atom is 0.130 e. The van der Waals surface area contributed by atoms with Gasteiger partial charge in [0.25, 0.3) is 0 Å². The highest BCUT2D eigenvalue weighted by atomic mass is 32.2. The van der Waals surface area contributed by atoms with Gasteiger partial charge in [0.05, 0.1) is 10.7 Å². The van der Waals surface area contributed by atoms with Crippen molar-refractivity contribution in [1.82, 2.24) is 19.9 Å². The van der Waals surface area contributed by atoms with Crippen LogP contribution in [0.3, 0.4) is 0 Å². The standard InChI is InChI=1S/C25H31N7S/c1-17(18-6-9-28-25(14-18)33-22-7-10-31(2)11-8-22)30-24-13-21-12-19(23(26)16-32(3)27)4-5-20(21)15-29-24/h4-6,9,12-16,22H,1,7-8,10-11,26-27H2,2-3H3,(H,29,30)/b23-16-. The molecule has 1 aliphatic rings. The topological polar surface area (TPSA) is 96.3 Å². The molecule has 0 atom stereocenters. The summed E-state index contributed by atoms with van der Waals surface area (Å²) in [4.78, 5) is 11.5. The van der Waals surface area contributed by atoms with E-state index in [1.807, 2.05) is 54.5 Å². The van der Waals surface area contributed by atoms with Gasteiger partial charge in [-0.3, -0.25) is 0 Å². The summed E-state index contributed by atoms with van der Waals surface area (Å²) in [5.41, 5.74) is 9.45. The third-order valence-electron chi connectivity index (χ3n) is 5.71. The third kappa shape index (κ3) is 6.04. The van der Waals surface area contributed by atoms with Crippen molar-refractivity contribution < 1.29 is 0 Å². The summed E-state index contributed by atoms with van der Waals surface area (Å²) in [7, 11) is 3.92. The van der Waals surface area contributed by atoms with E-state index in [1.165, 1.54) is 17.9 Å².